The Kier molecular flexibility index (Phi) is 5.43. The van der Waals surface area contributed by atoms with Crippen molar-refractivity contribution in [1.29, 1.82) is 0 Å². The van der Waals surface area contributed by atoms with Crippen LogP contribution in [0.25, 0.3) is 0 Å². The molecule has 0 saturated carbocycles. The molecule has 0 rings (SSSR count). The van der Waals surface area contributed by atoms with Gasteiger partial charge in [-0.2, -0.15) is 0 Å². The highest BCUT2D eigenvalue weighted by Gasteiger charge is 2.10. The third-order valence-electron chi connectivity index (χ3n) is 0.724. The van der Waals surface area contributed by atoms with Crippen LogP contribution in [0.3, 0.4) is 0 Å². The van der Waals surface area contributed by atoms with Crippen molar-refractivity contribution in [2.75, 3.05) is 20.6 Å². The number of nitrogens with two attached hydrogens (primary N) is 1. The van der Waals surface area contributed by atoms with Gasteiger partial charge in [0.1, 0.15) is 0 Å². The van der Waals surface area contributed by atoms with Crippen molar-refractivity contribution in [2.24, 2.45) is 5.73 Å². The summed E-state index contributed by atoms with van der Waals surface area (Å²) in [6.07, 6.45) is 0. The Labute approximate surface area is 63.8 Å². The zero-order valence-corrected chi connectivity index (χ0v) is 7.46. The van der Waals surface area contributed by atoms with E-state index in [2.05, 4.69) is 4.90 Å². The molecule has 0 saturated heterocycles. The van der Waals surface area contributed by atoms with Gasteiger partial charge in [-0.3, -0.25) is 0 Å². The molecule has 2 N–H and O–H groups in total. The van der Waals surface area contributed by atoms with E-state index in [1.165, 1.54) is 0 Å². The Morgan fingerprint density at radius 3 is 1.67 bits per heavy atom. The topological polar surface area (TPSA) is 29.3 Å². The molecule has 0 aromatic carbocycles. The summed E-state index contributed by atoms with van der Waals surface area (Å²) in [6, 6.07) is 0. The summed E-state index contributed by atoms with van der Waals surface area (Å²) in [4.78, 5) is 2.08. The Balaban J connectivity index is 0. The average molecular weight is 153 g/mol. The first-order valence-electron chi connectivity index (χ1n) is 2.85. The summed E-state index contributed by atoms with van der Waals surface area (Å²) in [6.45, 7) is 4.98. The third-order valence-corrected chi connectivity index (χ3v) is 0.724. The fourth-order valence-electron chi connectivity index (χ4n) is 0.815. The molecular weight excluding hydrogens is 136 g/mol. The maximum absolute atomic E-state index is 5.69. The highest BCUT2D eigenvalue weighted by Crippen LogP contribution is 1.95. The molecule has 0 bridgehead atoms. The van der Waals surface area contributed by atoms with E-state index >= 15 is 0 Å². The molecule has 3 heteroatoms. The van der Waals surface area contributed by atoms with E-state index < -0.39 is 0 Å². The van der Waals surface area contributed by atoms with Gasteiger partial charge in [-0.15, -0.1) is 12.4 Å². The van der Waals surface area contributed by atoms with E-state index in [4.69, 9.17) is 5.73 Å². The van der Waals surface area contributed by atoms with Crippen LogP contribution in [0.2, 0.25) is 0 Å². The second kappa shape index (κ2) is 4.09. The summed E-state index contributed by atoms with van der Waals surface area (Å²) in [5.41, 5.74) is 5.64. The number of hydrogen-bond acceptors (Lipinski definition) is 2. The molecule has 0 atom stereocenters. The van der Waals surface area contributed by atoms with Crippen LogP contribution in [0.1, 0.15) is 13.8 Å². The lowest BCUT2D eigenvalue weighted by atomic mass is 10.1. The van der Waals surface area contributed by atoms with Gasteiger partial charge < -0.3 is 10.6 Å². The molecule has 0 amide bonds. The van der Waals surface area contributed by atoms with Crippen molar-refractivity contribution in [1.82, 2.24) is 4.90 Å². The van der Waals surface area contributed by atoms with E-state index in [0.717, 1.165) is 6.54 Å². The normalized spacial score (nSPS) is 11.3. The highest BCUT2D eigenvalue weighted by molar-refractivity contribution is 5.85. The van der Waals surface area contributed by atoms with Crippen LogP contribution in [0.15, 0.2) is 0 Å². The summed E-state index contributed by atoms with van der Waals surface area (Å²) in [7, 11) is 4.04. The zero-order valence-electron chi connectivity index (χ0n) is 6.64. The number of likely N-dealkylation sites (N-methyl/N-ethyl adjacent to an activating group) is 1. The molecular formula is C6H17ClN2. The standard InChI is InChI=1S/C6H16N2.ClH/c1-6(2,7)5-8(3)4;/h5,7H2,1-4H3;1H. The minimum absolute atomic E-state index is 0. The van der Waals surface area contributed by atoms with Gasteiger partial charge >= 0.3 is 0 Å². The molecule has 0 aromatic heterocycles. The van der Waals surface area contributed by atoms with Crippen molar-refractivity contribution in [3.05, 3.63) is 0 Å². The number of nitrogens with zero attached hydrogens (tertiary/aromatic N) is 1. The molecule has 0 aliphatic rings. The Hall–Kier alpha value is 0.210. The van der Waals surface area contributed by atoms with Crippen LogP contribution < -0.4 is 5.73 Å². The van der Waals surface area contributed by atoms with Gasteiger partial charge in [0, 0.05) is 12.1 Å². The zero-order chi connectivity index (χ0) is 6.78. The predicted octanol–water partition coefficient (Wildman–Crippen LogP) is 0.707. The minimum atomic E-state index is -0.0521. The Morgan fingerprint density at radius 2 is 1.67 bits per heavy atom. The summed E-state index contributed by atoms with van der Waals surface area (Å²) >= 11 is 0. The van der Waals surface area contributed by atoms with E-state index in [1.54, 1.807) is 0 Å². The first-order chi connectivity index (χ1) is 3.42. The number of rotatable bonds is 2. The second-order valence-corrected chi connectivity index (χ2v) is 3.23. The second-order valence-electron chi connectivity index (χ2n) is 3.23. The van der Waals surface area contributed by atoms with Crippen LogP contribution >= 0.6 is 12.4 Å². The summed E-state index contributed by atoms with van der Waals surface area (Å²) in [5.74, 6) is 0. The molecule has 0 aliphatic heterocycles. The van der Waals surface area contributed by atoms with E-state index in [9.17, 15) is 0 Å². The van der Waals surface area contributed by atoms with Gasteiger partial charge in [-0.1, -0.05) is 0 Å². The predicted molar refractivity (Wildman–Crippen MR) is 44.1 cm³/mol. The smallest absolute Gasteiger partial charge is 0.0225 e. The SMILES string of the molecule is CN(C)CC(C)(C)N.Cl. The molecule has 0 radical (unpaired) electrons. The van der Waals surface area contributed by atoms with Gasteiger partial charge in [-0.25, -0.2) is 0 Å². The van der Waals surface area contributed by atoms with E-state index in [1.807, 2.05) is 27.9 Å². The number of hydrogen-bond donors (Lipinski definition) is 1. The molecule has 0 fully saturated rings. The van der Waals surface area contributed by atoms with Crippen molar-refractivity contribution in [3.63, 3.8) is 0 Å². The molecule has 58 valence electrons. The lowest BCUT2D eigenvalue weighted by Crippen LogP contribution is -2.42. The monoisotopic (exact) mass is 152 g/mol. The fourth-order valence-corrected chi connectivity index (χ4v) is 0.815. The largest absolute Gasteiger partial charge is 0.324 e. The molecule has 2 nitrogen and oxygen atoms in total. The summed E-state index contributed by atoms with van der Waals surface area (Å²) in [5, 5.41) is 0. The average Bonchev–Trinajstić information content (AvgIpc) is 1.21. The van der Waals surface area contributed by atoms with E-state index in [-0.39, 0.29) is 17.9 Å². The maximum atomic E-state index is 5.69. The van der Waals surface area contributed by atoms with Crippen LogP contribution in [0.5, 0.6) is 0 Å². The van der Waals surface area contributed by atoms with Crippen LogP contribution in [0, 0.1) is 0 Å². The van der Waals surface area contributed by atoms with Gasteiger partial charge in [0.05, 0.1) is 0 Å². The van der Waals surface area contributed by atoms with Gasteiger partial charge in [0.2, 0.25) is 0 Å². The van der Waals surface area contributed by atoms with Gasteiger partial charge in [0.15, 0.2) is 0 Å². The van der Waals surface area contributed by atoms with Crippen LogP contribution in [-0.4, -0.2) is 31.1 Å². The lowest BCUT2D eigenvalue weighted by molar-refractivity contribution is 0.317. The maximum Gasteiger partial charge on any atom is 0.0225 e. The fraction of sp³-hybridized carbons (Fsp3) is 1.00. The van der Waals surface area contributed by atoms with Crippen molar-refractivity contribution < 1.29 is 0 Å². The van der Waals surface area contributed by atoms with Gasteiger partial charge in [0.25, 0.3) is 0 Å². The Bertz CT molecular complexity index is 65.9. The Morgan fingerprint density at radius 1 is 1.33 bits per heavy atom. The first kappa shape index (κ1) is 11.9. The molecule has 9 heavy (non-hydrogen) atoms. The highest BCUT2D eigenvalue weighted by atomic mass is 35.5. The number of halogens is 1. The van der Waals surface area contributed by atoms with Crippen LogP contribution in [-0.2, 0) is 0 Å². The lowest BCUT2D eigenvalue weighted by Gasteiger charge is -2.22. The van der Waals surface area contributed by atoms with Crippen molar-refractivity contribution in [3.8, 4) is 0 Å². The first-order valence-corrected chi connectivity index (χ1v) is 2.85. The van der Waals surface area contributed by atoms with Crippen molar-refractivity contribution in [2.45, 2.75) is 19.4 Å². The molecule has 0 heterocycles. The third kappa shape index (κ3) is 11.7. The van der Waals surface area contributed by atoms with Crippen molar-refractivity contribution >= 4 is 12.4 Å². The van der Waals surface area contributed by atoms with E-state index in [0.29, 0.717) is 0 Å². The molecule has 0 aromatic rings. The quantitative estimate of drug-likeness (QED) is 0.632. The van der Waals surface area contributed by atoms with Crippen LogP contribution in [0.4, 0.5) is 0 Å². The summed E-state index contributed by atoms with van der Waals surface area (Å²) < 4.78 is 0. The molecule has 0 spiro atoms. The minimum Gasteiger partial charge on any atom is -0.324 e. The molecule has 0 unspecified atom stereocenters. The molecule has 0 aliphatic carbocycles. The van der Waals surface area contributed by atoms with Gasteiger partial charge in [-0.05, 0) is 27.9 Å².